The first-order chi connectivity index (χ1) is 12.0. The minimum Gasteiger partial charge on any atom is -0.392 e. The van der Waals surface area contributed by atoms with Crippen LogP contribution in [0.5, 0.6) is 0 Å². The second-order valence-corrected chi connectivity index (χ2v) is 8.02. The second kappa shape index (κ2) is 7.72. The molecule has 1 fully saturated rings. The molecule has 1 aliphatic rings. The zero-order chi connectivity index (χ0) is 18.0. The standard InChI is InChI=1S/C23H31NO/c1-15(2)17-5-9-19(10-6-17)23(22-13-21(25)14-24-22)20-11-7-18(8-12-20)16(3)4/h5-12,15-16,21-25H,13-14H2,1-4H3/t21-,22-/m1/s1. The maximum absolute atomic E-state index is 10.0. The molecule has 2 nitrogen and oxygen atoms in total. The summed E-state index contributed by atoms with van der Waals surface area (Å²) in [5.74, 6) is 1.37. The molecule has 25 heavy (non-hydrogen) atoms. The lowest BCUT2D eigenvalue weighted by atomic mass is 9.82. The van der Waals surface area contributed by atoms with Crippen molar-refractivity contribution in [2.45, 2.75) is 64.0 Å². The average Bonchev–Trinajstić information content (AvgIpc) is 3.02. The summed E-state index contributed by atoms with van der Waals surface area (Å²) in [6.45, 7) is 9.60. The van der Waals surface area contributed by atoms with Gasteiger partial charge in [-0.25, -0.2) is 0 Å². The molecular weight excluding hydrogens is 306 g/mol. The van der Waals surface area contributed by atoms with Crippen LogP contribution in [-0.2, 0) is 0 Å². The second-order valence-electron chi connectivity index (χ2n) is 8.02. The first-order valence-electron chi connectivity index (χ1n) is 9.57. The van der Waals surface area contributed by atoms with Crippen molar-refractivity contribution in [3.05, 3.63) is 70.8 Å². The Labute approximate surface area is 152 Å². The molecular formula is C23H31NO. The predicted octanol–water partition coefficient (Wildman–Crippen LogP) is 4.79. The van der Waals surface area contributed by atoms with E-state index in [4.69, 9.17) is 0 Å². The van der Waals surface area contributed by atoms with E-state index in [0.717, 1.165) is 6.42 Å². The number of hydrogen-bond acceptors (Lipinski definition) is 2. The molecule has 0 amide bonds. The topological polar surface area (TPSA) is 32.3 Å². The highest BCUT2D eigenvalue weighted by Crippen LogP contribution is 2.33. The molecule has 0 spiro atoms. The molecule has 1 heterocycles. The van der Waals surface area contributed by atoms with Crippen LogP contribution in [0.1, 0.15) is 74.1 Å². The van der Waals surface area contributed by atoms with Gasteiger partial charge in [0.05, 0.1) is 6.10 Å². The number of aliphatic hydroxyl groups is 1. The molecule has 3 rings (SSSR count). The highest BCUT2D eigenvalue weighted by atomic mass is 16.3. The van der Waals surface area contributed by atoms with Gasteiger partial charge in [0.1, 0.15) is 0 Å². The zero-order valence-corrected chi connectivity index (χ0v) is 15.9. The quantitative estimate of drug-likeness (QED) is 0.822. The van der Waals surface area contributed by atoms with E-state index in [1.54, 1.807) is 0 Å². The Morgan fingerprint density at radius 1 is 0.760 bits per heavy atom. The van der Waals surface area contributed by atoms with E-state index in [9.17, 15) is 5.11 Å². The van der Waals surface area contributed by atoms with Gasteiger partial charge in [-0.15, -0.1) is 0 Å². The van der Waals surface area contributed by atoms with Gasteiger partial charge < -0.3 is 10.4 Å². The number of hydrogen-bond donors (Lipinski definition) is 2. The number of benzene rings is 2. The van der Waals surface area contributed by atoms with Crippen LogP contribution >= 0.6 is 0 Å². The maximum Gasteiger partial charge on any atom is 0.0679 e. The Kier molecular flexibility index (Phi) is 5.61. The normalized spacial score (nSPS) is 20.8. The Morgan fingerprint density at radius 2 is 1.16 bits per heavy atom. The highest BCUT2D eigenvalue weighted by molar-refractivity contribution is 5.38. The fraction of sp³-hybridized carbons (Fsp3) is 0.478. The van der Waals surface area contributed by atoms with Gasteiger partial charge in [0.2, 0.25) is 0 Å². The largest absolute Gasteiger partial charge is 0.392 e. The molecule has 2 heteroatoms. The molecule has 0 radical (unpaired) electrons. The van der Waals surface area contributed by atoms with Crippen molar-refractivity contribution in [1.82, 2.24) is 5.32 Å². The number of β-amino-alcohol motifs (C(OH)–C–C–N with tert-alkyl or cyclic N) is 1. The van der Waals surface area contributed by atoms with Crippen LogP contribution in [0.3, 0.4) is 0 Å². The molecule has 1 saturated heterocycles. The van der Waals surface area contributed by atoms with Gasteiger partial charge in [-0.2, -0.15) is 0 Å². The molecule has 2 N–H and O–H groups in total. The van der Waals surface area contributed by atoms with Crippen LogP contribution < -0.4 is 5.32 Å². The summed E-state index contributed by atoms with van der Waals surface area (Å²) in [5.41, 5.74) is 5.40. The van der Waals surface area contributed by atoms with Crippen molar-refractivity contribution in [2.75, 3.05) is 6.54 Å². The summed E-state index contributed by atoms with van der Waals surface area (Å²) in [6.07, 6.45) is 0.570. The van der Waals surface area contributed by atoms with Gasteiger partial charge in [-0.1, -0.05) is 76.2 Å². The summed E-state index contributed by atoms with van der Waals surface area (Å²) >= 11 is 0. The van der Waals surface area contributed by atoms with E-state index in [0.29, 0.717) is 18.4 Å². The van der Waals surface area contributed by atoms with E-state index < -0.39 is 0 Å². The molecule has 1 aliphatic heterocycles. The summed E-state index contributed by atoms with van der Waals surface area (Å²) in [4.78, 5) is 0. The third kappa shape index (κ3) is 4.13. The van der Waals surface area contributed by atoms with Crippen LogP contribution in [0, 0.1) is 0 Å². The van der Waals surface area contributed by atoms with E-state index in [1.165, 1.54) is 22.3 Å². The molecule has 2 atom stereocenters. The van der Waals surface area contributed by atoms with E-state index in [-0.39, 0.29) is 18.1 Å². The van der Waals surface area contributed by atoms with Crippen LogP contribution in [0.4, 0.5) is 0 Å². The molecule has 0 unspecified atom stereocenters. The first kappa shape index (κ1) is 18.2. The van der Waals surface area contributed by atoms with E-state index >= 15 is 0 Å². The van der Waals surface area contributed by atoms with Crippen molar-refractivity contribution in [2.24, 2.45) is 0 Å². The van der Waals surface area contributed by atoms with E-state index in [2.05, 4.69) is 81.5 Å². The maximum atomic E-state index is 10.0. The fourth-order valence-electron chi connectivity index (χ4n) is 3.83. The molecule has 0 saturated carbocycles. The Bertz CT molecular complexity index is 621. The lowest BCUT2D eigenvalue weighted by molar-refractivity contribution is 0.192. The van der Waals surface area contributed by atoms with Crippen molar-refractivity contribution >= 4 is 0 Å². The zero-order valence-electron chi connectivity index (χ0n) is 15.9. The Morgan fingerprint density at radius 3 is 1.48 bits per heavy atom. The third-order valence-electron chi connectivity index (χ3n) is 5.47. The minimum atomic E-state index is -0.239. The Balaban J connectivity index is 1.94. The SMILES string of the molecule is CC(C)c1ccc(C(c2ccc(C(C)C)cc2)[C@H]2C[C@@H](O)CN2)cc1. The van der Waals surface area contributed by atoms with Crippen molar-refractivity contribution in [1.29, 1.82) is 0 Å². The molecule has 2 aromatic rings. The van der Waals surface area contributed by atoms with Gasteiger partial charge in [0, 0.05) is 18.5 Å². The summed E-state index contributed by atoms with van der Waals surface area (Å²) in [6, 6.07) is 18.4. The number of aliphatic hydroxyl groups excluding tert-OH is 1. The summed E-state index contributed by atoms with van der Waals surface area (Å²) < 4.78 is 0. The van der Waals surface area contributed by atoms with Gasteiger partial charge in [0.25, 0.3) is 0 Å². The van der Waals surface area contributed by atoms with Crippen molar-refractivity contribution in [3.63, 3.8) is 0 Å². The van der Waals surface area contributed by atoms with Crippen LogP contribution in [0.15, 0.2) is 48.5 Å². The fourth-order valence-corrected chi connectivity index (χ4v) is 3.83. The first-order valence-corrected chi connectivity index (χ1v) is 9.57. The highest BCUT2D eigenvalue weighted by Gasteiger charge is 2.31. The number of rotatable bonds is 5. The lowest BCUT2D eigenvalue weighted by Gasteiger charge is -2.26. The number of nitrogens with one attached hydrogen (secondary N) is 1. The molecule has 0 bridgehead atoms. The van der Waals surface area contributed by atoms with Gasteiger partial charge in [0.15, 0.2) is 0 Å². The molecule has 0 aliphatic carbocycles. The molecule has 2 aromatic carbocycles. The van der Waals surface area contributed by atoms with Crippen molar-refractivity contribution < 1.29 is 5.11 Å². The molecule has 134 valence electrons. The van der Waals surface area contributed by atoms with Crippen LogP contribution in [0.2, 0.25) is 0 Å². The average molecular weight is 338 g/mol. The van der Waals surface area contributed by atoms with Gasteiger partial charge in [-0.3, -0.25) is 0 Å². The summed E-state index contributed by atoms with van der Waals surface area (Å²) in [7, 11) is 0. The monoisotopic (exact) mass is 337 g/mol. The van der Waals surface area contributed by atoms with Gasteiger partial charge in [-0.05, 0) is 40.5 Å². The summed E-state index contributed by atoms with van der Waals surface area (Å²) in [5, 5.41) is 13.5. The third-order valence-corrected chi connectivity index (χ3v) is 5.47. The van der Waals surface area contributed by atoms with Crippen molar-refractivity contribution in [3.8, 4) is 0 Å². The smallest absolute Gasteiger partial charge is 0.0679 e. The van der Waals surface area contributed by atoms with Gasteiger partial charge >= 0.3 is 0 Å². The van der Waals surface area contributed by atoms with Crippen LogP contribution in [0.25, 0.3) is 0 Å². The minimum absolute atomic E-state index is 0.239. The predicted molar refractivity (Wildman–Crippen MR) is 105 cm³/mol. The molecule has 0 aromatic heterocycles. The lowest BCUT2D eigenvalue weighted by Crippen LogP contribution is -2.29. The Hall–Kier alpha value is -1.64. The van der Waals surface area contributed by atoms with Crippen LogP contribution in [-0.4, -0.2) is 23.8 Å². The van der Waals surface area contributed by atoms with E-state index in [1.807, 2.05) is 0 Å².